The number of hydrogen-bond acceptors (Lipinski definition) is 4. The van der Waals surface area contributed by atoms with Crippen LogP contribution in [0, 0.1) is 0 Å². The molecular formula is C11H18N2O2S2. The molecule has 0 aliphatic carbocycles. The summed E-state index contributed by atoms with van der Waals surface area (Å²) in [5.74, 6) is 0. The van der Waals surface area contributed by atoms with Gasteiger partial charge in [0.1, 0.15) is 4.21 Å². The van der Waals surface area contributed by atoms with Crippen molar-refractivity contribution < 1.29 is 8.42 Å². The maximum atomic E-state index is 12.2. The zero-order valence-corrected chi connectivity index (χ0v) is 11.8. The summed E-state index contributed by atoms with van der Waals surface area (Å²) >= 11 is 1.26. The van der Waals surface area contributed by atoms with E-state index in [0.717, 1.165) is 5.56 Å². The van der Waals surface area contributed by atoms with Crippen molar-refractivity contribution in [1.82, 2.24) is 9.62 Å². The maximum absolute atomic E-state index is 12.2. The predicted octanol–water partition coefficient (Wildman–Crippen LogP) is 1.66. The molecule has 1 rings (SSSR count). The summed E-state index contributed by atoms with van der Waals surface area (Å²) < 4.78 is 26.3. The van der Waals surface area contributed by atoms with Crippen molar-refractivity contribution in [2.75, 3.05) is 20.1 Å². The first-order valence-electron chi connectivity index (χ1n) is 5.39. The molecular weight excluding hydrogens is 256 g/mol. The highest BCUT2D eigenvalue weighted by Crippen LogP contribution is 2.23. The summed E-state index contributed by atoms with van der Waals surface area (Å²) in [6.45, 7) is 6.88. The smallest absolute Gasteiger partial charge is 0.252 e. The van der Waals surface area contributed by atoms with Crippen LogP contribution in [0.5, 0.6) is 0 Å². The van der Waals surface area contributed by atoms with E-state index in [2.05, 4.69) is 11.9 Å². The normalized spacial score (nSPS) is 11.9. The number of likely N-dealkylation sites (N-methyl/N-ethyl adjacent to an activating group) is 1. The Kier molecular flexibility index (Phi) is 5.32. The van der Waals surface area contributed by atoms with Gasteiger partial charge in [0.05, 0.1) is 0 Å². The fourth-order valence-electron chi connectivity index (χ4n) is 1.45. The van der Waals surface area contributed by atoms with Gasteiger partial charge in [-0.1, -0.05) is 13.0 Å². The standard InChI is InChI=1S/C11H18N2O2S2/c1-4-6-13(5-2)17(14,15)11-7-10(8-12-3)9-16-11/h4,7,9,12H,1,5-6,8H2,2-3H3. The molecule has 0 fully saturated rings. The first-order valence-corrected chi connectivity index (χ1v) is 7.71. The van der Waals surface area contributed by atoms with E-state index in [4.69, 9.17) is 0 Å². The molecule has 1 aromatic rings. The van der Waals surface area contributed by atoms with Crippen LogP contribution >= 0.6 is 11.3 Å². The lowest BCUT2D eigenvalue weighted by Gasteiger charge is -2.17. The first-order chi connectivity index (χ1) is 8.06. The van der Waals surface area contributed by atoms with Gasteiger partial charge in [0.25, 0.3) is 10.0 Å². The molecule has 1 heterocycles. The van der Waals surface area contributed by atoms with E-state index in [1.54, 1.807) is 12.1 Å². The summed E-state index contributed by atoms with van der Waals surface area (Å²) in [6, 6.07) is 1.72. The van der Waals surface area contributed by atoms with E-state index < -0.39 is 10.0 Å². The van der Waals surface area contributed by atoms with Crippen LogP contribution in [0.3, 0.4) is 0 Å². The number of hydrogen-bond donors (Lipinski definition) is 1. The molecule has 0 radical (unpaired) electrons. The van der Waals surface area contributed by atoms with Gasteiger partial charge in [-0.15, -0.1) is 17.9 Å². The second-order valence-electron chi connectivity index (χ2n) is 3.55. The van der Waals surface area contributed by atoms with Crippen molar-refractivity contribution in [3.8, 4) is 0 Å². The number of sulfonamides is 1. The minimum Gasteiger partial charge on any atom is -0.316 e. The van der Waals surface area contributed by atoms with Gasteiger partial charge in [0.15, 0.2) is 0 Å². The van der Waals surface area contributed by atoms with Gasteiger partial charge in [-0.05, 0) is 24.1 Å². The van der Waals surface area contributed by atoms with Crippen molar-refractivity contribution >= 4 is 21.4 Å². The zero-order chi connectivity index (χ0) is 12.9. The third-order valence-corrected chi connectivity index (χ3v) is 5.69. The maximum Gasteiger partial charge on any atom is 0.252 e. The quantitative estimate of drug-likeness (QED) is 0.769. The Morgan fingerprint density at radius 3 is 2.82 bits per heavy atom. The largest absolute Gasteiger partial charge is 0.316 e. The average molecular weight is 274 g/mol. The summed E-state index contributed by atoms with van der Waals surface area (Å²) in [5.41, 5.74) is 0.991. The average Bonchev–Trinajstić information content (AvgIpc) is 2.75. The lowest BCUT2D eigenvalue weighted by molar-refractivity contribution is 0.461. The highest BCUT2D eigenvalue weighted by atomic mass is 32.2. The Labute approximate surface area is 107 Å². The monoisotopic (exact) mass is 274 g/mol. The molecule has 0 bridgehead atoms. The molecule has 0 aromatic carbocycles. The summed E-state index contributed by atoms with van der Waals surface area (Å²) in [5, 5.41) is 4.87. The minimum absolute atomic E-state index is 0.345. The molecule has 1 aromatic heterocycles. The van der Waals surface area contributed by atoms with E-state index in [9.17, 15) is 8.42 Å². The van der Waals surface area contributed by atoms with Crippen LogP contribution in [0.25, 0.3) is 0 Å². The molecule has 6 heteroatoms. The molecule has 0 aliphatic heterocycles. The Morgan fingerprint density at radius 1 is 1.59 bits per heavy atom. The van der Waals surface area contributed by atoms with Crippen LogP contribution in [-0.2, 0) is 16.6 Å². The molecule has 0 atom stereocenters. The molecule has 0 unspecified atom stereocenters. The molecule has 1 N–H and O–H groups in total. The van der Waals surface area contributed by atoms with Crippen molar-refractivity contribution in [2.45, 2.75) is 17.7 Å². The molecule has 4 nitrogen and oxygen atoms in total. The van der Waals surface area contributed by atoms with Gasteiger partial charge in [-0.3, -0.25) is 0 Å². The third kappa shape index (κ3) is 3.38. The van der Waals surface area contributed by atoms with Gasteiger partial charge in [-0.25, -0.2) is 8.42 Å². The van der Waals surface area contributed by atoms with Gasteiger partial charge in [0, 0.05) is 19.6 Å². The van der Waals surface area contributed by atoms with E-state index in [1.165, 1.54) is 15.6 Å². The second-order valence-corrected chi connectivity index (χ2v) is 6.62. The number of nitrogens with one attached hydrogen (secondary N) is 1. The molecule has 0 saturated carbocycles. The topological polar surface area (TPSA) is 49.4 Å². The van der Waals surface area contributed by atoms with E-state index in [1.807, 2.05) is 19.4 Å². The van der Waals surface area contributed by atoms with E-state index in [0.29, 0.717) is 23.8 Å². The fraction of sp³-hybridized carbons (Fsp3) is 0.455. The van der Waals surface area contributed by atoms with E-state index >= 15 is 0 Å². The lowest BCUT2D eigenvalue weighted by Crippen LogP contribution is -2.30. The van der Waals surface area contributed by atoms with Crippen LogP contribution in [0.2, 0.25) is 0 Å². The number of nitrogens with zero attached hydrogens (tertiary/aromatic N) is 1. The Balaban J connectivity index is 2.98. The van der Waals surface area contributed by atoms with Gasteiger partial charge >= 0.3 is 0 Å². The van der Waals surface area contributed by atoms with Crippen LogP contribution in [0.1, 0.15) is 12.5 Å². The summed E-state index contributed by atoms with van der Waals surface area (Å²) in [7, 11) is -1.52. The van der Waals surface area contributed by atoms with Crippen LogP contribution < -0.4 is 5.32 Å². The zero-order valence-electron chi connectivity index (χ0n) is 10.1. The number of thiophene rings is 1. The SMILES string of the molecule is C=CCN(CC)S(=O)(=O)c1cc(CNC)cs1. The molecule has 0 aliphatic rings. The summed E-state index contributed by atoms with van der Waals surface area (Å²) in [6.07, 6.45) is 1.60. The second kappa shape index (κ2) is 6.30. The summed E-state index contributed by atoms with van der Waals surface area (Å²) in [4.78, 5) is 0. The van der Waals surface area contributed by atoms with Crippen LogP contribution in [-0.4, -0.2) is 32.9 Å². The van der Waals surface area contributed by atoms with Crippen molar-refractivity contribution in [3.63, 3.8) is 0 Å². The number of rotatable bonds is 7. The van der Waals surface area contributed by atoms with Gasteiger partial charge in [-0.2, -0.15) is 4.31 Å². The fourth-order valence-corrected chi connectivity index (χ4v) is 4.24. The molecule has 0 saturated heterocycles. The Morgan fingerprint density at radius 2 is 2.29 bits per heavy atom. The first kappa shape index (κ1) is 14.4. The highest BCUT2D eigenvalue weighted by Gasteiger charge is 2.23. The van der Waals surface area contributed by atoms with Gasteiger partial charge in [0.2, 0.25) is 0 Å². The third-order valence-electron chi connectivity index (χ3n) is 2.29. The molecule has 0 amide bonds. The van der Waals surface area contributed by atoms with Crippen LogP contribution in [0.15, 0.2) is 28.3 Å². The molecule has 0 spiro atoms. The predicted molar refractivity (Wildman–Crippen MR) is 71.7 cm³/mol. The van der Waals surface area contributed by atoms with E-state index in [-0.39, 0.29) is 0 Å². The lowest BCUT2D eigenvalue weighted by atomic mass is 10.3. The molecule has 96 valence electrons. The molecule has 17 heavy (non-hydrogen) atoms. The van der Waals surface area contributed by atoms with Crippen LogP contribution in [0.4, 0.5) is 0 Å². The van der Waals surface area contributed by atoms with Crippen molar-refractivity contribution in [1.29, 1.82) is 0 Å². The Hall–Kier alpha value is -0.690. The Bertz CT molecular complexity index is 466. The van der Waals surface area contributed by atoms with Gasteiger partial charge < -0.3 is 5.32 Å². The highest BCUT2D eigenvalue weighted by molar-refractivity contribution is 7.91. The minimum atomic E-state index is -3.36. The van der Waals surface area contributed by atoms with Crippen molar-refractivity contribution in [3.05, 3.63) is 29.7 Å². The van der Waals surface area contributed by atoms with Crippen molar-refractivity contribution in [2.24, 2.45) is 0 Å².